The van der Waals surface area contributed by atoms with Crippen molar-refractivity contribution in [2.75, 3.05) is 17.9 Å². The number of nitrogens with two attached hydrogens (primary N) is 1. The minimum absolute atomic E-state index is 0.00343. The summed E-state index contributed by atoms with van der Waals surface area (Å²) in [6.45, 7) is 9.98. The second kappa shape index (κ2) is 10.6. The summed E-state index contributed by atoms with van der Waals surface area (Å²) in [4.78, 5) is 12.1. The zero-order valence-electron chi connectivity index (χ0n) is 15.9. The van der Waals surface area contributed by atoms with Crippen LogP contribution in [-0.4, -0.2) is 27.5 Å². The van der Waals surface area contributed by atoms with Crippen LogP contribution in [0.25, 0.3) is 0 Å². The Balaban J connectivity index is 0.00000301. The molecule has 0 aliphatic carbocycles. The lowest BCUT2D eigenvalue weighted by Gasteiger charge is -2.24. The topological polar surface area (TPSA) is 134 Å². The van der Waals surface area contributed by atoms with Crippen molar-refractivity contribution >= 4 is 21.8 Å². The van der Waals surface area contributed by atoms with Crippen LogP contribution < -0.4 is 19.9 Å². The Bertz CT molecular complexity index is 740. The molecule has 0 fully saturated rings. The molecule has 0 saturated heterocycles. The summed E-state index contributed by atoms with van der Waals surface area (Å²) >= 11 is 0. The third-order valence-electron chi connectivity index (χ3n) is 3.13. The molecule has 4 N–H and O–H groups in total. The van der Waals surface area contributed by atoms with Crippen molar-refractivity contribution in [2.45, 2.75) is 41.0 Å². The van der Waals surface area contributed by atoms with E-state index in [1.54, 1.807) is 13.8 Å². The Hall–Kier alpha value is -2.31. The van der Waals surface area contributed by atoms with Crippen molar-refractivity contribution in [1.82, 2.24) is 5.32 Å². The number of benzene rings is 1. The molecule has 0 heterocycles. The SMILES string of the molecule is CC.CCCNC(=O)C(C)(C)COc1cccc(NS(N)(=O)=O)c1C#N. The number of amides is 1. The Morgan fingerprint density at radius 2 is 1.96 bits per heavy atom. The molecule has 146 valence electrons. The second-order valence-electron chi connectivity index (χ2n) is 5.87. The van der Waals surface area contributed by atoms with Gasteiger partial charge in [-0.15, -0.1) is 0 Å². The lowest BCUT2D eigenvalue weighted by molar-refractivity contribution is -0.130. The number of hydrogen-bond acceptors (Lipinski definition) is 5. The van der Waals surface area contributed by atoms with E-state index in [4.69, 9.17) is 9.88 Å². The molecule has 1 rings (SSSR count). The minimum atomic E-state index is -4.01. The number of nitrogens with zero attached hydrogens (tertiary/aromatic N) is 1. The van der Waals surface area contributed by atoms with E-state index >= 15 is 0 Å². The van der Waals surface area contributed by atoms with Gasteiger partial charge in [-0.2, -0.15) is 13.7 Å². The van der Waals surface area contributed by atoms with Gasteiger partial charge < -0.3 is 10.1 Å². The second-order valence-corrected chi connectivity index (χ2v) is 7.16. The highest BCUT2D eigenvalue weighted by Crippen LogP contribution is 2.28. The average Bonchev–Trinajstić information content (AvgIpc) is 2.58. The smallest absolute Gasteiger partial charge is 0.296 e. The molecule has 0 atom stereocenters. The normalized spacial score (nSPS) is 10.8. The molecule has 0 bridgehead atoms. The predicted molar refractivity (Wildman–Crippen MR) is 102 cm³/mol. The summed E-state index contributed by atoms with van der Waals surface area (Å²) in [5.41, 5.74) is -0.798. The van der Waals surface area contributed by atoms with Crippen LogP contribution in [0.5, 0.6) is 5.75 Å². The quantitative estimate of drug-likeness (QED) is 0.631. The molecular formula is C17H28N4O4S. The zero-order chi connectivity index (χ0) is 20.4. The molecule has 0 aromatic heterocycles. The summed E-state index contributed by atoms with van der Waals surface area (Å²) in [5.74, 6) is 0.00388. The van der Waals surface area contributed by atoms with E-state index in [1.165, 1.54) is 18.2 Å². The van der Waals surface area contributed by atoms with E-state index in [0.29, 0.717) is 6.54 Å². The van der Waals surface area contributed by atoms with E-state index < -0.39 is 15.6 Å². The number of nitriles is 1. The maximum atomic E-state index is 12.1. The number of hydrogen-bond donors (Lipinski definition) is 3. The first-order valence-corrected chi connectivity index (χ1v) is 9.90. The van der Waals surface area contributed by atoms with Crippen LogP contribution in [0, 0.1) is 16.7 Å². The first kappa shape index (κ1) is 23.7. The Labute approximate surface area is 155 Å². The van der Waals surface area contributed by atoms with Crippen LogP contribution in [0.15, 0.2) is 18.2 Å². The fourth-order valence-corrected chi connectivity index (χ4v) is 2.28. The molecular weight excluding hydrogens is 356 g/mol. The van der Waals surface area contributed by atoms with Crippen molar-refractivity contribution in [3.8, 4) is 11.8 Å². The van der Waals surface area contributed by atoms with Crippen molar-refractivity contribution in [3.05, 3.63) is 23.8 Å². The van der Waals surface area contributed by atoms with Crippen LogP contribution in [0.2, 0.25) is 0 Å². The number of carbonyl (C=O) groups is 1. The number of ether oxygens (including phenoxy) is 1. The van der Waals surface area contributed by atoms with Crippen molar-refractivity contribution < 1.29 is 17.9 Å². The van der Waals surface area contributed by atoms with E-state index in [1.807, 2.05) is 26.8 Å². The van der Waals surface area contributed by atoms with Gasteiger partial charge in [0.1, 0.15) is 24.0 Å². The monoisotopic (exact) mass is 384 g/mol. The highest BCUT2D eigenvalue weighted by molar-refractivity contribution is 7.90. The first-order chi connectivity index (χ1) is 12.1. The van der Waals surface area contributed by atoms with Crippen molar-refractivity contribution in [2.24, 2.45) is 10.6 Å². The summed E-state index contributed by atoms with van der Waals surface area (Å²) in [7, 11) is -4.01. The molecule has 0 saturated carbocycles. The van der Waals surface area contributed by atoms with Gasteiger partial charge in [-0.05, 0) is 32.4 Å². The summed E-state index contributed by atoms with van der Waals surface area (Å²) in [6.07, 6.45) is 0.822. The van der Waals surface area contributed by atoms with Gasteiger partial charge in [-0.1, -0.05) is 26.8 Å². The highest BCUT2D eigenvalue weighted by Gasteiger charge is 2.28. The molecule has 26 heavy (non-hydrogen) atoms. The molecule has 0 spiro atoms. The maximum absolute atomic E-state index is 12.1. The van der Waals surface area contributed by atoms with E-state index in [9.17, 15) is 18.5 Å². The van der Waals surface area contributed by atoms with Crippen LogP contribution in [-0.2, 0) is 15.0 Å². The molecule has 0 unspecified atom stereocenters. The maximum Gasteiger partial charge on any atom is 0.296 e. The van der Waals surface area contributed by atoms with Crippen LogP contribution in [0.1, 0.15) is 46.6 Å². The Morgan fingerprint density at radius 3 is 2.46 bits per heavy atom. The standard InChI is InChI=1S/C15H22N4O4S.C2H6/c1-4-8-18-14(20)15(2,3)10-23-13-7-5-6-12(11(13)9-16)19-24(17,21)22;1-2/h5-7,19H,4,8,10H2,1-3H3,(H,18,20)(H2,17,21,22);1-2H3. The van der Waals surface area contributed by atoms with Gasteiger partial charge in [-0.3, -0.25) is 9.52 Å². The molecule has 0 aliphatic heterocycles. The fourth-order valence-electron chi connectivity index (χ4n) is 1.81. The predicted octanol–water partition coefficient (Wildman–Crippen LogP) is 2.13. The number of rotatable bonds is 8. The van der Waals surface area contributed by atoms with Crippen molar-refractivity contribution in [1.29, 1.82) is 5.26 Å². The summed E-state index contributed by atoms with van der Waals surface area (Å²) < 4.78 is 29.9. The van der Waals surface area contributed by atoms with Gasteiger partial charge in [0.25, 0.3) is 10.2 Å². The summed E-state index contributed by atoms with van der Waals surface area (Å²) in [5, 5.41) is 17.0. The van der Waals surface area contributed by atoms with Gasteiger partial charge in [0.15, 0.2) is 0 Å². The average molecular weight is 385 g/mol. The van der Waals surface area contributed by atoms with Crippen molar-refractivity contribution in [3.63, 3.8) is 0 Å². The Kier molecular flexibility index (Phi) is 9.69. The first-order valence-electron chi connectivity index (χ1n) is 8.35. The minimum Gasteiger partial charge on any atom is -0.491 e. The molecule has 1 amide bonds. The molecule has 0 radical (unpaired) electrons. The molecule has 9 heteroatoms. The largest absolute Gasteiger partial charge is 0.491 e. The van der Waals surface area contributed by atoms with Gasteiger partial charge in [0.05, 0.1) is 11.1 Å². The van der Waals surface area contributed by atoms with E-state index in [-0.39, 0.29) is 29.5 Å². The van der Waals surface area contributed by atoms with E-state index in [2.05, 4.69) is 10.0 Å². The molecule has 1 aromatic rings. The fraction of sp³-hybridized carbons (Fsp3) is 0.529. The van der Waals surface area contributed by atoms with Gasteiger partial charge in [-0.25, -0.2) is 5.14 Å². The lowest BCUT2D eigenvalue weighted by atomic mass is 9.93. The van der Waals surface area contributed by atoms with Gasteiger partial charge in [0.2, 0.25) is 5.91 Å². The third-order valence-corrected chi connectivity index (χ3v) is 3.63. The van der Waals surface area contributed by atoms with Crippen LogP contribution >= 0.6 is 0 Å². The van der Waals surface area contributed by atoms with Crippen LogP contribution in [0.4, 0.5) is 5.69 Å². The Morgan fingerprint density at radius 1 is 1.35 bits per heavy atom. The highest BCUT2D eigenvalue weighted by atomic mass is 32.2. The van der Waals surface area contributed by atoms with Gasteiger partial charge >= 0.3 is 0 Å². The molecule has 1 aromatic carbocycles. The lowest BCUT2D eigenvalue weighted by Crippen LogP contribution is -2.41. The number of carbonyl (C=O) groups excluding carboxylic acids is 1. The molecule has 8 nitrogen and oxygen atoms in total. The third kappa shape index (κ3) is 7.72. The van der Waals surface area contributed by atoms with E-state index in [0.717, 1.165) is 6.42 Å². The molecule has 0 aliphatic rings. The zero-order valence-corrected chi connectivity index (χ0v) is 16.7. The van der Waals surface area contributed by atoms with Crippen LogP contribution in [0.3, 0.4) is 0 Å². The summed E-state index contributed by atoms with van der Waals surface area (Å²) in [6, 6.07) is 6.32. The number of anilines is 1. The van der Waals surface area contributed by atoms with Gasteiger partial charge in [0, 0.05) is 6.54 Å². The number of nitrogens with one attached hydrogen (secondary N) is 2.